The molecule has 2 aromatic carbocycles. The number of ether oxygens (including phenoxy) is 1. The van der Waals surface area contributed by atoms with Gasteiger partial charge in [-0.05, 0) is 48.0 Å². The molecule has 0 aliphatic carbocycles. The van der Waals surface area contributed by atoms with Crippen LogP contribution < -0.4 is 5.32 Å². The lowest BCUT2D eigenvalue weighted by Crippen LogP contribution is -1.94. The molecule has 0 saturated heterocycles. The van der Waals surface area contributed by atoms with E-state index < -0.39 is 0 Å². The maximum atomic E-state index is 11.2. The molecule has 0 fully saturated rings. The van der Waals surface area contributed by atoms with E-state index in [1.165, 1.54) is 13.2 Å². The summed E-state index contributed by atoms with van der Waals surface area (Å²) in [6.07, 6.45) is 4.84. The van der Waals surface area contributed by atoms with Crippen LogP contribution in [-0.4, -0.2) is 18.1 Å². The first-order valence-electron chi connectivity index (χ1n) is 7.33. The summed E-state index contributed by atoms with van der Waals surface area (Å²) in [5, 5.41) is 5.01. The van der Waals surface area contributed by atoms with Crippen LogP contribution in [0, 0.1) is 0 Å². The molecule has 3 aromatic rings. The number of anilines is 2. The summed E-state index contributed by atoms with van der Waals surface area (Å²) in [5.74, 6) is -0.384. The van der Waals surface area contributed by atoms with Gasteiger partial charge in [0.1, 0.15) is 0 Å². The summed E-state index contributed by atoms with van der Waals surface area (Å²) < 4.78 is 4.60. The molecule has 0 atom stereocenters. The molecule has 0 amide bonds. The van der Waals surface area contributed by atoms with Gasteiger partial charge in [-0.2, -0.15) is 0 Å². The van der Waals surface area contributed by atoms with Gasteiger partial charge in [0.15, 0.2) is 0 Å². The molecular weight excluding hydrogens is 324 g/mol. The van der Waals surface area contributed by atoms with Gasteiger partial charge in [-0.3, -0.25) is 4.98 Å². The zero-order valence-electron chi connectivity index (χ0n) is 13.0. The van der Waals surface area contributed by atoms with Crippen molar-refractivity contribution in [1.82, 2.24) is 4.98 Å². The highest BCUT2D eigenvalue weighted by molar-refractivity contribution is 6.31. The molecule has 0 radical (unpaired) electrons. The Morgan fingerprint density at radius 3 is 2.92 bits per heavy atom. The molecule has 4 nitrogen and oxygen atoms in total. The van der Waals surface area contributed by atoms with Crippen LogP contribution >= 0.6 is 11.6 Å². The maximum absolute atomic E-state index is 11.2. The van der Waals surface area contributed by atoms with Crippen molar-refractivity contribution >= 4 is 45.9 Å². The molecule has 3 rings (SSSR count). The summed E-state index contributed by atoms with van der Waals surface area (Å²) in [6, 6.07) is 15.2. The van der Waals surface area contributed by atoms with Crippen LogP contribution in [-0.2, 0) is 9.53 Å². The lowest BCUT2D eigenvalue weighted by Gasteiger charge is -2.10. The summed E-state index contributed by atoms with van der Waals surface area (Å²) >= 11 is 6.02. The molecule has 0 aliphatic rings. The number of hydrogen-bond acceptors (Lipinski definition) is 4. The van der Waals surface area contributed by atoms with Gasteiger partial charge in [0.25, 0.3) is 0 Å². The van der Waals surface area contributed by atoms with Crippen LogP contribution in [0.1, 0.15) is 5.56 Å². The maximum Gasteiger partial charge on any atom is 0.330 e. The Bertz CT molecular complexity index is 922. The Labute approximate surface area is 144 Å². The minimum Gasteiger partial charge on any atom is -0.466 e. The molecule has 0 bridgehead atoms. The van der Waals surface area contributed by atoms with E-state index in [9.17, 15) is 4.79 Å². The molecule has 1 aromatic heterocycles. The molecule has 0 aliphatic heterocycles. The summed E-state index contributed by atoms with van der Waals surface area (Å²) in [7, 11) is 1.35. The normalized spacial score (nSPS) is 10.9. The van der Waals surface area contributed by atoms with Crippen molar-refractivity contribution in [2.75, 3.05) is 12.4 Å². The zero-order chi connectivity index (χ0) is 16.9. The first-order valence-corrected chi connectivity index (χ1v) is 7.71. The monoisotopic (exact) mass is 338 g/mol. The molecule has 0 saturated carbocycles. The van der Waals surface area contributed by atoms with Gasteiger partial charge in [0, 0.05) is 34.1 Å². The Balaban J connectivity index is 1.89. The van der Waals surface area contributed by atoms with Gasteiger partial charge < -0.3 is 10.1 Å². The Morgan fingerprint density at radius 2 is 2.08 bits per heavy atom. The fourth-order valence-corrected chi connectivity index (χ4v) is 2.50. The first kappa shape index (κ1) is 16.0. The zero-order valence-corrected chi connectivity index (χ0v) is 13.7. The van der Waals surface area contributed by atoms with Gasteiger partial charge >= 0.3 is 5.97 Å². The average Bonchev–Trinajstić information content (AvgIpc) is 2.60. The van der Waals surface area contributed by atoms with E-state index in [4.69, 9.17) is 11.6 Å². The van der Waals surface area contributed by atoms with E-state index in [-0.39, 0.29) is 5.97 Å². The summed E-state index contributed by atoms with van der Waals surface area (Å²) in [5.41, 5.74) is 3.57. The third-order valence-corrected chi connectivity index (χ3v) is 3.72. The Hall–Kier alpha value is -2.85. The highest BCUT2D eigenvalue weighted by Gasteiger charge is 2.03. The quantitative estimate of drug-likeness (QED) is 0.547. The third-order valence-electron chi connectivity index (χ3n) is 3.48. The number of nitrogens with one attached hydrogen (secondary N) is 1. The van der Waals surface area contributed by atoms with Gasteiger partial charge in [-0.1, -0.05) is 23.7 Å². The van der Waals surface area contributed by atoms with Crippen LogP contribution in [0.15, 0.2) is 60.8 Å². The molecule has 0 spiro atoms. The number of carbonyl (C=O) groups excluding carboxylic acids is 1. The first-order chi connectivity index (χ1) is 11.7. The summed E-state index contributed by atoms with van der Waals surface area (Å²) in [6.45, 7) is 0. The van der Waals surface area contributed by atoms with Crippen molar-refractivity contribution in [3.63, 3.8) is 0 Å². The smallest absolute Gasteiger partial charge is 0.330 e. The molecule has 1 N–H and O–H groups in total. The number of halogens is 1. The van der Waals surface area contributed by atoms with Gasteiger partial charge in [-0.15, -0.1) is 0 Å². The van der Waals surface area contributed by atoms with Crippen molar-refractivity contribution in [3.8, 4) is 0 Å². The largest absolute Gasteiger partial charge is 0.466 e. The Morgan fingerprint density at radius 1 is 1.21 bits per heavy atom. The number of hydrogen-bond donors (Lipinski definition) is 1. The number of nitrogens with zero attached hydrogens (tertiary/aromatic N) is 1. The van der Waals surface area contributed by atoms with Crippen LogP contribution in [0.2, 0.25) is 5.02 Å². The van der Waals surface area contributed by atoms with Gasteiger partial charge in [0.2, 0.25) is 0 Å². The average molecular weight is 339 g/mol. The van der Waals surface area contributed by atoms with Crippen LogP contribution in [0.4, 0.5) is 11.4 Å². The van der Waals surface area contributed by atoms with E-state index in [0.717, 1.165) is 27.8 Å². The number of pyridine rings is 1. The van der Waals surface area contributed by atoms with Gasteiger partial charge in [0.05, 0.1) is 12.6 Å². The lowest BCUT2D eigenvalue weighted by molar-refractivity contribution is -0.134. The van der Waals surface area contributed by atoms with Crippen molar-refractivity contribution < 1.29 is 9.53 Å². The lowest BCUT2D eigenvalue weighted by atomic mass is 10.1. The van der Waals surface area contributed by atoms with Gasteiger partial charge in [-0.25, -0.2) is 4.79 Å². The number of benzene rings is 2. The van der Waals surface area contributed by atoms with Crippen LogP contribution in [0.25, 0.3) is 17.0 Å². The standard InChI is InChI=1S/C19H15ClN2O2/c1-24-19(23)8-5-13-3-2-4-15(11-13)22-17-9-10-21-18-12-14(20)6-7-16(17)18/h2-12H,1H3,(H,21,22)/b8-5+. The number of rotatable bonds is 4. The second-order valence-corrected chi connectivity index (χ2v) is 5.56. The number of aromatic nitrogens is 1. The molecule has 0 unspecified atom stereocenters. The van der Waals surface area contributed by atoms with Crippen molar-refractivity contribution in [2.24, 2.45) is 0 Å². The summed E-state index contributed by atoms with van der Waals surface area (Å²) in [4.78, 5) is 15.5. The van der Waals surface area contributed by atoms with E-state index in [0.29, 0.717) is 5.02 Å². The highest BCUT2D eigenvalue weighted by Crippen LogP contribution is 2.27. The van der Waals surface area contributed by atoms with Crippen molar-refractivity contribution in [1.29, 1.82) is 0 Å². The minimum atomic E-state index is -0.384. The molecule has 24 heavy (non-hydrogen) atoms. The second kappa shape index (κ2) is 7.15. The molecule has 1 heterocycles. The fraction of sp³-hybridized carbons (Fsp3) is 0.0526. The molecule has 5 heteroatoms. The molecule has 120 valence electrons. The fourth-order valence-electron chi connectivity index (χ4n) is 2.34. The van der Waals surface area contributed by atoms with E-state index in [1.54, 1.807) is 12.3 Å². The Kier molecular flexibility index (Phi) is 4.77. The minimum absolute atomic E-state index is 0.384. The molecular formula is C19H15ClN2O2. The van der Waals surface area contributed by atoms with Crippen molar-refractivity contribution in [2.45, 2.75) is 0 Å². The predicted octanol–water partition coefficient (Wildman–Crippen LogP) is 4.82. The predicted molar refractivity (Wildman–Crippen MR) is 97.5 cm³/mol. The highest BCUT2D eigenvalue weighted by atomic mass is 35.5. The van der Waals surface area contributed by atoms with E-state index in [2.05, 4.69) is 15.0 Å². The number of fused-ring (bicyclic) bond motifs is 1. The third kappa shape index (κ3) is 3.73. The van der Waals surface area contributed by atoms with Crippen molar-refractivity contribution in [3.05, 3.63) is 71.4 Å². The number of methoxy groups -OCH3 is 1. The second-order valence-electron chi connectivity index (χ2n) is 5.13. The topological polar surface area (TPSA) is 51.2 Å². The number of esters is 1. The number of carbonyl (C=O) groups is 1. The SMILES string of the molecule is COC(=O)/C=C/c1cccc(Nc2ccnc3cc(Cl)ccc23)c1. The van der Waals surface area contributed by atoms with E-state index >= 15 is 0 Å². The van der Waals surface area contributed by atoms with Crippen LogP contribution in [0.5, 0.6) is 0 Å². The van der Waals surface area contributed by atoms with Crippen LogP contribution in [0.3, 0.4) is 0 Å². The van der Waals surface area contributed by atoms with E-state index in [1.807, 2.05) is 48.5 Å².